The molecule has 2 amide bonds. The molecule has 108 valence electrons. The van der Waals surface area contributed by atoms with E-state index >= 15 is 0 Å². The average molecular weight is 282 g/mol. The van der Waals surface area contributed by atoms with Gasteiger partial charge in [0.05, 0.1) is 12.4 Å². The van der Waals surface area contributed by atoms with Crippen LogP contribution in [-0.4, -0.2) is 52.1 Å². The highest BCUT2D eigenvalue weighted by Gasteiger charge is 2.16. The van der Waals surface area contributed by atoms with E-state index in [1.807, 2.05) is 6.92 Å². The summed E-state index contributed by atoms with van der Waals surface area (Å²) in [6.07, 6.45) is 0.624. The number of rotatable bonds is 9. The van der Waals surface area contributed by atoms with E-state index in [0.717, 1.165) is 6.26 Å². The largest absolute Gasteiger partial charge is 0.352 e. The van der Waals surface area contributed by atoms with Crippen molar-refractivity contribution in [1.82, 2.24) is 26.0 Å². The summed E-state index contributed by atoms with van der Waals surface area (Å²) in [5.74, 6) is 0. The molecule has 0 heterocycles. The van der Waals surface area contributed by atoms with Gasteiger partial charge in [0.25, 0.3) is 0 Å². The number of sulfonamides is 1. The quantitative estimate of drug-likeness (QED) is 0.243. The maximum absolute atomic E-state index is 11.1. The fraction of sp³-hybridized carbons (Fsp3) is 0.875. The van der Waals surface area contributed by atoms with Crippen LogP contribution >= 0.6 is 0 Å². The van der Waals surface area contributed by atoms with E-state index in [9.17, 15) is 13.2 Å². The average Bonchev–Trinajstić information content (AvgIpc) is 2.20. The van der Waals surface area contributed by atoms with Crippen molar-refractivity contribution in [3.05, 3.63) is 0 Å². The first-order chi connectivity index (χ1) is 8.28. The topological polar surface area (TPSA) is 129 Å². The molecule has 0 fully saturated rings. The van der Waals surface area contributed by atoms with Crippen molar-refractivity contribution in [1.29, 1.82) is 0 Å². The Bertz CT molecular complexity index is 347. The third-order valence-corrected chi connectivity index (χ3v) is 2.65. The number of carbonyl (C=O) groups excluding carboxylic acids is 1. The Morgan fingerprint density at radius 1 is 1.44 bits per heavy atom. The monoisotopic (exact) mass is 282 g/mol. The number of hydrogen-bond donors (Lipinski definition) is 5. The van der Waals surface area contributed by atoms with Crippen molar-refractivity contribution >= 4 is 16.1 Å². The van der Waals surface area contributed by atoms with E-state index in [1.165, 1.54) is 0 Å². The molecular formula is C8H22N6O3S. The van der Waals surface area contributed by atoms with E-state index < -0.39 is 22.2 Å². The Morgan fingerprint density at radius 2 is 2.06 bits per heavy atom. The van der Waals surface area contributed by atoms with Crippen molar-refractivity contribution in [3.8, 4) is 0 Å². The molecule has 0 aliphatic carbocycles. The summed E-state index contributed by atoms with van der Waals surface area (Å²) in [6.45, 7) is 3.12. The maximum Gasteiger partial charge on any atom is 0.313 e. The third kappa shape index (κ3) is 9.13. The molecule has 0 bridgehead atoms. The highest BCUT2D eigenvalue weighted by atomic mass is 32.2. The Morgan fingerprint density at radius 3 is 2.44 bits per heavy atom. The molecule has 9 nitrogen and oxygen atoms in total. The third-order valence-electron chi connectivity index (χ3n) is 1.93. The molecular weight excluding hydrogens is 260 g/mol. The summed E-state index contributed by atoms with van der Waals surface area (Å²) >= 11 is 0. The van der Waals surface area contributed by atoms with E-state index in [4.69, 9.17) is 5.73 Å². The van der Waals surface area contributed by atoms with Gasteiger partial charge in [-0.05, 0) is 6.42 Å². The zero-order valence-corrected chi connectivity index (χ0v) is 11.7. The lowest BCUT2D eigenvalue weighted by molar-refractivity contribution is 0.125. The molecule has 1 atom stereocenters. The van der Waals surface area contributed by atoms with Crippen LogP contribution in [0, 0.1) is 0 Å². The van der Waals surface area contributed by atoms with Gasteiger partial charge in [-0.25, -0.2) is 24.1 Å². The van der Waals surface area contributed by atoms with E-state index in [0.29, 0.717) is 19.5 Å². The van der Waals surface area contributed by atoms with Gasteiger partial charge in [-0.2, -0.15) is 9.84 Å². The van der Waals surface area contributed by atoms with Crippen LogP contribution in [0.25, 0.3) is 0 Å². The fourth-order valence-electron chi connectivity index (χ4n) is 1.31. The minimum Gasteiger partial charge on any atom is -0.352 e. The van der Waals surface area contributed by atoms with Gasteiger partial charge < -0.3 is 11.1 Å². The Kier molecular flexibility index (Phi) is 7.78. The normalized spacial score (nSPS) is 13.6. The van der Waals surface area contributed by atoms with Gasteiger partial charge in [0.2, 0.25) is 10.0 Å². The molecule has 18 heavy (non-hydrogen) atoms. The standard InChI is InChI=1S/C8H22N6O3S/c1-4-11-14(10-2)6-5-7(12-8(9)15)13-18(3,16)17/h7,10-11,13H,4-6H2,1-3H3,(H3,9,12,15). The van der Waals surface area contributed by atoms with Gasteiger partial charge in [-0.15, -0.1) is 0 Å². The predicted octanol–water partition coefficient (Wildman–Crippen LogP) is -2.12. The van der Waals surface area contributed by atoms with Gasteiger partial charge >= 0.3 is 6.03 Å². The second kappa shape index (κ2) is 8.21. The van der Waals surface area contributed by atoms with Gasteiger partial charge in [0.15, 0.2) is 0 Å². The molecule has 0 aromatic rings. The highest BCUT2D eigenvalue weighted by Crippen LogP contribution is 1.92. The zero-order valence-electron chi connectivity index (χ0n) is 10.9. The molecule has 0 aromatic heterocycles. The second-order valence-corrected chi connectivity index (χ2v) is 5.41. The van der Waals surface area contributed by atoms with Crippen LogP contribution in [0.3, 0.4) is 0 Å². The number of nitrogens with two attached hydrogens (primary N) is 1. The van der Waals surface area contributed by atoms with Crippen LogP contribution in [-0.2, 0) is 10.0 Å². The highest BCUT2D eigenvalue weighted by molar-refractivity contribution is 7.88. The minimum atomic E-state index is -3.42. The van der Waals surface area contributed by atoms with Crippen molar-refractivity contribution < 1.29 is 13.2 Å². The predicted molar refractivity (Wildman–Crippen MR) is 68.5 cm³/mol. The maximum atomic E-state index is 11.1. The molecule has 0 aliphatic rings. The molecule has 1 unspecified atom stereocenters. The van der Waals surface area contributed by atoms with Crippen LogP contribution in [0.4, 0.5) is 4.79 Å². The van der Waals surface area contributed by atoms with Crippen LogP contribution in [0.2, 0.25) is 0 Å². The van der Waals surface area contributed by atoms with Gasteiger partial charge in [-0.1, -0.05) is 6.92 Å². The summed E-state index contributed by atoms with van der Waals surface area (Å²) < 4.78 is 24.5. The van der Waals surface area contributed by atoms with Crippen molar-refractivity contribution in [2.45, 2.75) is 19.5 Å². The smallest absolute Gasteiger partial charge is 0.313 e. The number of hydrogen-bond acceptors (Lipinski definition) is 6. The van der Waals surface area contributed by atoms with Crippen molar-refractivity contribution in [3.63, 3.8) is 0 Å². The lowest BCUT2D eigenvalue weighted by Crippen LogP contribution is -2.53. The molecule has 0 spiro atoms. The first-order valence-corrected chi connectivity index (χ1v) is 7.39. The van der Waals surface area contributed by atoms with Gasteiger partial charge in [-0.3, -0.25) is 0 Å². The van der Waals surface area contributed by atoms with Gasteiger partial charge in [0, 0.05) is 20.1 Å². The minimum absolute atomic E-state index is 0.351. The molecule has 0 rings (SSSR count). The Balaban J connectivity index is 4.35. The lowest BCUT2D eigenvalue weighted by Gasteiger charge is -2.24. The van der Waals surface area contributed by atoms with Crippen molar-refractivity contribution in [2.75, 3.05) is 26.4 Å². The van der Waals surface area contributed by atoms with E-state index in [1.54, 1.807) is 12.2 Å². The molecule has 0 aliphatic heterocycles. The molecule has 0 saturated carbocycles. The summed E-state index contributed by atoms with van der Waals surface area (Å²) in [5, 5.41) is 4.00. The Labute approximate surface area is 107 Å². The molecule has 0 saturated heterocycles. The van der Waals surface area contributed by atoms with E-state index in [2.05, 4.69) is 20.9 Å². The zero-order chi connectivity index (χ0) is 14.2. The summed E-state index contributed by atoms with van der Waals surface area (Å²) in [6, 6.07) is -0.782. The SMILES string of the molecule is CCNN(CCC(NC(N)=O)NS(C)(=O)=O)NC. The summed E-state index contributed by atoms with van der Waals surface area (Å²) in [7, 11) is -1.69. The summed E-state index contributed by atoms with van der Waals surface area (Å²) in [5.41, 5.74) is 10.9. The van der Waals surface area contributed by atoms with E-state index in [-0.39, 0.29) is 0 Å². The first-order valence-electron chi connectivity index (χ1n) is 5.50. The number of nitrogens with zero attached hydrogens (tertiary/aromatic N) is 1. The molecule has 10 heteroatoms. The lowest BCUT2D eigenvalue weighted by atomic mass is 10.3. The fourth-order valence-corrected chi connectivity index (χ4v) is 2.00. The molecule has 6 N–H and O–H groups in total. The van der Waals surface area contributed by atoms with Gasteiger partial charge in [0.1, 0.15) is 0 Å². The number of amides is 2. The number of hydrazine groups is 2. The molecule has 0 radical (unpaired) electrons. The first kappa shape index (κ1) is 17.1. The van der Waals surface area contributed by atoms with Crippen LogP contribution in [0.1, 0.15) is 13.3 Å². The number of urea groups is 1. The number of nitrogens with one attached hydrogen (secondary N) is 4. The molecule has 0 aromatic carbocycles. The summed E-state index contributed by atoms with van der Waals surface area (Å²) in [4.78, 5) is 10.8. The number of carbonyl (C=O) groups is 1. The van der Waals surface area contributed by atoms with Crippen LogP contribution in [0.5, 0.6) is 0 Å². The number of primary amides is 1. The second-order valence-electron chi connectivity index (χ2n) is 3.63. The van der Waals surface area contributed by atoms with Crippen LogP contribution in [0.15, 0.2) is 0 Å². The van der Waals surface area contributed by atoms with Crippen LogP contribution < -0.4 is 26.6 Å². The van der Waals surface area contributed by atoms with Crippen molar-refractivity contribution in [2.24, 2.45) is 5.73 Å². The Hall–Kier alpha value is -0.940.